The topological polar surface area (TPSA) is 93.9 Å². The van der Waals surface area contributed by atoms with Gasteiger partial charge in [-0.3, -0.25) is 14.8 Å². The lowest BCUT2D eigenvalue weighted by Crippen LogP contribution is -3.13. The van der Waals surface area contributed by atoms with E-state index in [1.807, 2.05) is 30.3 Å². The second-order valence-corrected chi connectivity index (χ2v) is 7.65. The van der Waals surface area contributed by atoms with Gasteiger partial charge in [-0.05, 0) is 30.7 Å². The van der Waals surface area contributed by atoms with Crippen molar-refractivity contribution in [3.05, 3.63) is 41.1 Å². The zero-order chi connectivity index (χ0) is 18.7. The number of hydroxylamine groups is 1. The fraction of sp³-hybridized carbons (Fsp3) is 0.600. The number of hydrogen-bond acceptors (Lipinski definition) is 4. The highest BCUT2D eigenvalue weighted by Crippen LogP contribution is 2.57. The first kappa shape index (κ1) is 19.0. The van der Waals surface area contributed by atoms with Crippen LogP contribution in [0.2, 0.25) is 0 Å². The first-order chi connectivity index (χ1) is 12.5. The standard InChI is InChI=1S/C20H28N2O4/c1-2-3-5-10-15-17(19(24)25)18(15)20(16(23)13-22(26)21-20)12-11-14-8-6-4-7-9-14/h4,6-9,15,17-18,21-22H,2-3,5,10-13H2,1H3,(H,24,25). The van der Waals surface area contributed by atoms with E-state index in [4.69, 9.17) is 0 Å². The SMILES string of the molecule is CCCCCC1C(C(=O)O)C1C1(CCc2ccccc2)N[NH+]([O-])CC1=O. The van der Waals surface area contributed by atoms with Crippen LogP contribution in [0.5, 0.6) is 0 Å². The van der Waals surface area contributed by atoms with Crippen LogP contribution in [0.25, 0.3) is 0 Å². The van der Waals surface area contributed by atoms with E-state index in [2.05, 4.69) is 12.3 Å². The molecule has 3 N–H and O–H groups in total. The van der Waals surface area contributed by atoms with Crippen molar-refractivity contribution in [1.82, 2.24) is 5.43 Å². The van der Waals surface area contributed by atoms with E-state index in [-0.39, 0.29) is 29.3 Å². The average Bonchev–Trinajstić information content (AvgIpc) is 3.27. The molecule has 0 amide bonds. The normalized spacial score (nSPS) is 33.4. The lowest BCUT2D eigenvalue weighted by Gasteiger charge is -2.28. The maximum atomic E-state index is 12.8. The molecule has 1 aromatic rings. The fourth-order valence-electron chi connectivity index (χ4n) is 4.66. The minimum Gasteiger partial charge on any atom is -0.613 e. The van der Waals surface area contributed by atoms with Gasteiger partial charge in [0.1, 0.15) is 5.54 Å². The van der Waals surface area contributed by atoms with Crippen molar-refractivity contribution in [2.45, 2.75) is 51.0 Å². The first-order valence-electron chi connectivity index (χ1n) is 9.60. The smallest absolute Gasteiger partial charge is 0.307 e. The molecule has 0 bridgehead atoms. The van der Waals surface area contributed by atoms with Crippen LogP contribution in [-0.2, 0) is 16.0 Å². The van der Waals surface area contributed by atoms with Gasteiger partial charge in [-0.25, -0.2) is 0 Å². The maximum Gasteiger partial charge on any atom is 0.307 e. The summed E-state index contributed by atoms with van der Waals surface area (Å²) < 4.78 is 0. The van der Waals surface area contributed by atoms with E-state index < -0.39 is 17.4 Å². The third-order valence-corrected chi connectivity index (χ3v) is 6.00. The number of carbonyl (C=O) groups excluding carboxylic acids is 1. The van der Waals surface area contributed by atoms with Crippen LogP contribution >= 0.6 is 0 Å². The molecule has 1 aromatic carbocycles. The molecule has 1 aliphatic carbocycles. The Morgan fingerprint density at radius 3 is 2.65 bits per heavy atom. The van der Waals surface area contributed by atoms with Crippen molar-refractivity contribution >= 4 is 11.8 Å². The molecule has 6 nitrogen and oxygen atoms in total. The van der Waals surface area contributed by atoms with Crippen LogP contribution in [0.15, 0.2) is 30.3 Å². The minimum atomic E-state index is -1.01. The predicted molar refractivity (Wildman–Crippen MR) is 97.1 cm³/mol. The van der Waals surface area contributed by atoms with Gasteiger partial charge in [0.2, 0.25) is 5.78 Å². The van der Waals surface area contributed by atoms with Crippen molar-refractivity contribution in [3.63, 3.8) is 0 Å². The van der Waals surface area contributed by atoms with Gasteiger partial charge in [-0.2, -0.15) is 5.43 Å². The number of carboxylic acids is 1. The number of unbranched alkanes of at least 4 members (excludes halogenated alkanes) is 2. The Labute approximate surface area is 154 Å². The first-order valence-corrected chi connectivity index (χ1v) is 9.60. The quantitative estimate of drug-likeness (QED) is 0.457. The molecule has 5 atom stereocenters. The fourth-order valence-corrected chi connectivity index (χ4v) is 4.66. The molecule has 2 fully saturated rings. The molecule has 1 aliphatic heterocycles. The van der Waals surface area contributed by atoms with Crippen molar-refractivity contribution in [2.24, 2.45) is 17.8 Å². The Morgan fingerprint density at radius 1 is 1.35 bits per heavy atom. The number of ketones is 1. The third-order valence-electron chi connectivity index (χ3n) is 6.00. The van der Waals surface area contributed by atoms with Gasteiger partial charge in [-0.1, -0.05) is 56.5 Å². The van der Waals surface area contributed by atoms with Crippen molar-refractivity contribution in [3.8, 4) is 0 Å². The molecule has 0 aromatic heterocycles. The largest absolute Gasteiger partial charge is 0.613 e. The molecule has 2 aliphatic rings. The van der Waals surface area contributed by atoms with Gasteiger partial charge < -0.3 is 10.3 Å². The number of nitrogens with one attached hydrogen (secondary N) is 2. The zero-order valence-electron chi connectivity index (χ0n) is 15.2. The number of aryl methyl sites for hydroxylation is 1. The number of quaternary nitrogens is 1. The molecule has 1 saturated carbocycles. The number of hydrogen-bond donors (Lipinski definition) is 3. The van der Waals surface area contributed by atoms with Gasteiger partial charge in [0.15, 0.2) is 6.54 Å². The Morgan fingerprint density at radius 2 is 2.08 bits per heavy atom. The van der Waals surface area contributed by atoms with Crippen LogP contribution < -0.4 is 10.6 Å². The molecular formula is C20H28N2O4. The Kier molecular flexibility index (Phi) is 5.75. The summed E-state index contributed by atoms with van der Waals surface area (Å²) in [5, 5.41) is 21.3. The average molecular weight is 360 g/mol. The van der Waals surface area contributed by atoms with Crippen LogP contribution in [0.4, 0.5) is 0 Å². The molecule has 0 spiro atoms. The van der Waals surface area contributed by atoms with Crippen LogP contribution in [0.3, 0.4) is 0 Å². The van der Waals surface area contributed by atoms with E-state index in [1.54, 1.807) is 0 Å². The van der Waals surface area contributed by atoms with Gasteiger partial charge >= 0.3 is 5.97 Å². The zero-order valence-corrected chi connectivity index (χ0v) is 15.2. The van der Waals surface area contributed by atoms with Crippen molar-refractivity contribution in [2.75, 3.05) is 6.54 Å². The molecule has 5 unspecified atom stereocenters. The molecule has 3 rings (SSSR count). The summed E-state index contributed by atoms with van der Waals surface area (Å²) in [5.41, 5.74) is 2.99. The summed E-state index contributed by atoms with van der Waals surface area (Å²) in [7, 11) is 0. The third kappa shape index (κ3) is 3.68. The number of carboxylic acid groups (broad SMARTS) is 1. The highest BCUT2D eigenvalue weighted by atomic mass is 16.5. The van der Waals surface area contributed by atoms with Crippen molar-refractivity contribution in [1.29, 1.82) is 0 Å². The van der Waals surface area contributed by atoms with E-state index in [0.29, 0.717) is 12.8 Å². The lowest BCUT2D eigenvalue weighted by atomic mass is 9.82. The van der Waals surface area contributed by atoms with E-state index in [9.17, 15) is 19.9 Å². The summed E-state index contributed by atoms with van der Waals surface area (Å²) in [6.45, 7) is 1.99. The van der Waals surface area contributed by atoms with Gasteiger partial charge in [0, 0.05) is 5.92 Å². The molecule has 0 radical (unpaired) electrons. The van der Waals surface area contributed by atoms with Crippen molar-refractivity contribution < 1.29 is 19.9 Å². The summed E-state index contributed by atoms with van der Waals surface area (Å²) in [6, 6.07) is 9.82. The highest BCUT2D eigenvalue weighted by molar-refractivity contribution is 5.92. The van der Waals surface area contributed by atoms with E-state index >= 15 is 0 Å². The molecule has 142 valence electrons. The summed E-state index contributed by atoms with van der Waals surface area (Å²) in [5.74, 6) is -1.79. The van der Waals surface area contributed by atoms with Crippen LogP contribution in [-0.4, -0.2) is 28.9 Å². The second kappa shape index (κ2) is 7.86. The highest BCUT2D eigenvalue weighted by Gasteiger charge is 2.69. The number of aliphatic carboxylic acids is 1. The monoisotopic (exact) mass is 360 g/mol. The molecule has 1 saturated heterocycles. The second-order valence-electron chi connectivity index (χ2n) is 7.65. The van der Waals surface area contributed by atoms with Gasteiger partial charge in [-0.15, -0.1) is 0 Å². The van der Waals surface area contributed by atoms with E-state index in [1.165, 1.54) is 0 Å². The number of rotatable bonds is 9. The summed E-state index contributed by atoms with van der Waals surface area (Å²) in [4.78, 5) is 24.5. The number of Topliss-reactive ketones (excluding diaryl/α,β-unsaturated/α-hetero) is 1. The predicted octanol–water partition coefficient (Wildman–Crippen LogP) is 1.36. The molecule has 1 heterocycles. The van der Waals surface area contributed by atoms with Gasteiger partial charge in [0.25, 0.3) is 0 Å². The maximum absolute atomic E-state index is 12.8. The summed E-state index contributed by atoms with van der Waals surface area (Å²) in [6.07, 6.45) is 5.04. The molecule has 26 heavy (non-hydrogen) atoms. The Balaban J connectivity index is 1.79. The Hall–Kier alpha value is -1.76. The number of carbonyl (C=O) groups is 2. The van der Waals surface area contributed by atoms with Crippen LogP contribution in [0, 0.1) is 23.0 Å². The molecule has 6 heteroatoms. The summed E-state index contributed by atoms with van der Waals surface area (Å²) >= 11 is 0. The number of benzene rings is 1. The Bertz CT molecular complexity index is 650. The molecular weight excluding hydrogens is 332 g/mol. The minimum absolute atomic E-state index is 0.0165. The lowest BCUT2D eigenvalue weighted by molar-refractivity contribution is -0.883. The van der Waals surface area contributed by atoms with Crippen LogP contribution in [0.1, 0.15) is 44.6 Å². The van der Waals surface area contributed by atoms with E-state index in [0.717, 1.165) is 31.2 Å². The van der Waals surface area contributed by atoms with Gasteiger partial charge in [0.05, 0.1) is 5.92 Å².